The van der Waals surface area contributed by atoms with Crippen molar-refractivity contribution in [3.63, 3.8) is 0 Å². The molecule has 1 heterocycles. The van der Waals surface area contributed by atoms with Crippen LogP contribution in [0.1, 0.15) is 32.6 Å². The van der Waals surface area contributed by atoms with Gasteiger partial charge in [-0.25, -0.2) is 0 Å². The van der Waals surface area contributed by atoms with Gasteiger partial charge < -0.3 is 5.73 Å². The summed E-state index contributed by atoms with van der Waals surface area (Å²) in [6, 6.07) is 1.99. The molecule has 1 rings (SSSR count). The van der Waals surface area contributed by atoms with E-state index in [0.29, 0.717) is 0 Å². The van der Waals surface area contributed by atoms with Gasteiger partial charge in [0.1, 0.15) is 0 Å². The monoisotopic (exact) mass is 210 g/mol. The largest absolute Gasteiger partial charge is 0.397 e. The first kappa shape index (κ1) is 11.4. The van der Waals surface area contributed by atoms with E-state index < -0.39 is 0 Å². The Morgan fingerprint density at radius 2 is 2.21 bits per heavy atom. The minimum atomic E-state index is 0.799. The number of nitrogen functional groups attached to an aromatic ring is 1. The maximum absolute atomic E-state index is 5.78. The minimum absolute atomic E-state index is 0.799. The maximum atomic E-state index is 5.78. The van der Waals surface area contributed by atoms with Gasteiger partial charge >= 0.3 is 0 Å². The number of nitrogens with zero attached hydrogens (tertiary/aromatic N) is 1. The van der Waals surface area contributed by atoms with Crippen LogP contribution in [0.4, 0.5) is 5.69 Å². The van der Waals surface area contributed by atoms with Crippen LogP contribution in [0.5, 0.6) is 0 Å². The van der Waals surface area contributed by atoms with Crippen molar-refractivity contribution in [3.05, 3.63) is 18.5 Å². The van der Waals surface area contributed by atoms with E-state index in [4.69, 9.17) is 5.73 Å². The van der Waals surface area contributed by atoms with Gasteiger partial charge in [-0.05, 0) is 18.2 Å². The molecule has 0 atom stereocenters. The van der Waals surface area contributed by atoms with Gasteiger partial charge in [0, 0.05) is 11.1 Å². The zero-order valence-corrected chi connectivity index (χ0v) is 9.52. The van der Waals surface area contributed by atoms with Crippen molar-refractivity contribution in [2.24, 2.45) is 0 Å². The average Bonchev–Trinajstić information content (AvgIpc) is 2.20. The molecule has 0 aromatic carbocycles. The van der Waals surface area contributed by atoms with Gasteiger partial charge in [-0.3, -0.25) is 4.98 Å². The lowest BCUT2D eigenvalue weighted by Crippen LogP contribution is -1.90. The first-order valence-electron chi connectivity index (χ1n) is 5.17. The van der Waals surface area contributed by atoms with E-state index in [9.17, 15) is 0 Å². The first-order valence-corrected chi connectivity index (χ1v) is 6.15. The number of thioether (sulfide) groups is 1. The summed E-state index contributed by atoms with van der Waals surface area (Å²) >= 11 is 1.83. The van der Waals surface area contributed by atoms with E-state index in [1.165, 1.54) is 25.7 Å². The highest BCUT2D eigenvalue weighted by atomic mass is 32.2. The summed E-state index contributed by atoms with van der Waals surface area (Å²) in [5.74, 6) is 1.16. The molecule has 0 saturated heterocycles. The quantitative estimate of drug-likeness (QED) is 0.578. The summed E-state index contributed by atoms with van der Waals surface area (Å²) in [6.07, 6.45) is 8.75. The fourth-order valence-corrected chi connectivity index (χ4v) is 2.18. The Labute approximate surface area is 90.3 Å². The molecule has 0 saturated carbocycles. The Hall–Kier alpha value is -0.700. The summed E-state index contributed by atoms with van der Waals surface area (Å²) in [5.41, 5.74) is 6.58. The SMILES string of the molecule is CCCCCCSc1ccncc1N. The fraction of sp³-hybridized carbons (Fsp3) is 0.545. The second-order valence-electron chi connectivity index (χ2n) is 3.32. The number of hydrogen-bond donors (Lipinski definition) is 1. The molecule has 0 amide bonds. The van der Waals surface area contributed by atoms with Crippen LogP contribution < -0.4 is 5.73 Å². The first-order chi connectivity index (χ1) is 6.84. The Balaban J connectivity index is 2.21. The van der Waals surface area contributed by atoms with Crippen LogP contribution in [0.2, 0.25) is 0 Å². The van der Waals surface area contributed by atoms with Crippen molar-refractivity contribution in [2.75, 3.05) is 11.5 Å². The van der Waals surface area contributed by atoms with Crippen LogP contribution in [-0.4, -0.2) is 10.7 Å². The van der Waals surface area contributed by atoms with Gasteiger partial charge in [0.2, 0.25) is 0 Å². The molecule has 0 aliphatic heterocycles. The predicted molar refractivity (Wildman–Crippen MR) is 63.5 cm³/mol. The standard InChI is InChI=1S/C11H18N2S/c1-2-3-4-5-8-14-11-6-7-13-9-10(11)12/h6-7,9H,2-5,8,12H2,1H3. The Morgan fingerprint density at radius 1 is 1.36 bits per heavy atom. The number of pyridine rings is 1. The number of anilines is 1. The van der Waals surface area contributed by atoms with Crippen molar-refractivity contribution in [1.29, 1.82) is 0 Å². The van der Waals surface area contributed by atoms with Crippen molar-refractivity contribution in [1.82, 2.24) is 4.98 Å². The minimum Gasteiger partial charge on any atom is -0.397 e. The van der Waals surface area contributed by atoms with Gasteiger partial charge in [-0.2, -0.15) is 0 Å². The van der Waals surface area contributed by atoms with Gasteiger partial charge in [0.25, 0.3) is 0 Å². The Morgan fingerprint density at radius 3 is 2.93 bits per heavy atom. The third-order valence-corrected chi connectivity index (χ3v) is 3.24. The van der Waals surface area contributed by atoms with Crippen LogP contribution in [0.15, 0.2) is 23.4 Å². The van der Waals surface area contributed by atoms with Crippen molar-refractivity contribution in [3.8, 4) is 0 Å². The smallest absolute Gasteiger partial charge is 0.0638 e. The summed E-state index contributed by atoms with van der Waals surface area (Å²) in [7, 11) is 0. The molecule has 2 nitrogen and oxygen atoms in total. The van der Waals surface area contributed by atoms with Crippen LogP contribution in [0.25, 0.3) is 0 Å². The summed E-state index contributed by atoms with van der Waals surface area (Å²) < 4.78 is 0. The number of unbranched alkanes of at least 4 members (excludes halogenated alkanes) is 3. The molecule has 0 spiro atoms. The van der Waals surface area contributed by atoms with E-state index >= 15 is 0 Å². The van der Waals surface area contributed by atoms with Gasteiger partial charge in [0.05, 0.1) is 11.9 Å². The predicted octanol–water partition coefficient (Wildman–Crippen LogP) is 3.34. The third kappa shape index (κ3) is 4.01. The molecular weight excluding hydrogens is 192 g/mol. The molecule has 0 radical (unpaired) electrons. The van der Waals surface area contributed by atoms with Gasteiger partial charge in [-0.1, -0.05) is 26.2 Å². The van der Waals surface area contributed by atoms with E-state index in [2.05, 4.69) is 11.9 Å². The average molecular weight is 210 g/mol. The molecule has 0 aliphatic rings. The number of rotatable bonds is 6. The normalized spacial score (nSPS) is 10.4. The van der Waals surface area contributed by atoms with E-state index in [-0.39, 0.29) is 0 Å². The zero-order chi connectivity index (χ0) is 10.2. The molecule has 2 N–H and O–H groups in total. The molecular formula is C11H18N2S. The highest BCUT2D eigenvalue weighted by Crippen LogP contribution is 2.24. The number of hydrogen-bond acceptors (Lipinski definition) is 3. The van der Waals surface area contributed by atoms with E-state index in [0.717, 1.165) is 16.3 Å². The number of nitrogens with two attached hydrogens (primary N) is 1. The van der Waals surface area contributed by atoms with Crippen LogP contribution in [0, 0.1) is 0 Å². The van der Waals surface area contributed by atoms with Crippen molar-refractivity contribution >= 4 is 17.4 Å². The zero-order valence-electron chi connectivity index (χ0n) is 8.70. The molecule has 14 heavy (non-hydrogen) atoms. The lowest BCUT2D eigenvalue weighted by molar-refractivity contribution is 0.706. The Kier molecular flexibility index (Phi) is 5.45. The molecule has 0 unspecified atom stereocenters. The highest BCUT2D eigenvalue weighted by Gasteiger charge is 1.98. The molecule has 0 bridgehead atoms. The second kappa shape index (κ2) is 6.71. The lowest BCUT2D eigenvalue weighted by atomic mass is 10.2. The van der Waals surface area contributed by atoms with Gasteiger partial charge in [0.15, 0.2) is 0 Å². The lowest BCUT2D eigenvalue weighted by Gasteiger charge is -2.03. The van der Waals surface area contributed by atoms with Crippen LogP contribution in [-0.2, 0) is 0 Å². The molecule has 0 fully saturated rings. The molecule has 0 aliphatic carbocycles. The second-order valence-corrected chi connectivity index (χ2v) is 4.46. The van der Waals surface area contributed by atoms with Crippen LogP contribution >= 0.6 is 11.8 Å². The summed E-state index contributed by atoms with van der Waals surface area (Å²) in [6.45, 7) is 2.23. The molecule has 1 aromatic rings. The molecule has 3 heteroatoms. The van der Waals surface area contributed by atoms with E-state index in [1.54, 1.807) is 12.4 Å². The summed E-state index contributed by atoms with van der Waals surface area (Å²) in [5, 5.41) is 0. The van der Waals surface area contributed by atoms with Crippen LogP contribution in [0.3, 0.4) is 0 Å². The third-order valence-electron chi connectivity index (χ3n) is 2.07. The summed E-state index contributed by atoms with van der Waals surface area (Å²) in [4.78, 5) is 5.13. The fourth-order valence-electron chi connectivity index (χ4n) is 1.24. The van der Waals surface area contributed by atoms with Crippen molar-refractivity contribution in [2.45, 2.75) is 37.5 Å². The van der Waals surface area contributed by atoms with E-state index in [1.807, 2.05) is 17.8 Å². The number of aromatic nitrogens is 1. The highest BCUT2D eigenvalue weighted by molar-refractivity contribution is 7.99. The Bertz CT molecular complexity index is 263. The van der Waals surface area contributed by atoms with Crippen molar-refractivity contribution < 1.29 is 0 Å². The molecule has 78 valence electrons. The maximum Gasteiger partial charge on any atom is 0.0638 e. The van der Waals surface area contributed by atoms with Gasteiger partial charge in [-0.15, -0.1) is 11.8 Å². The molecule has 1 aromatic heterocycles. The topological polar surface area (TPSA) is 38.9 Å².